The number of halogens is 4. The van der Waals surface area contributed by atoms with Gasteiger partial charge in [0.15, 0.2) is 6.17 Å². The van der Waals surface area contributed by atoms with Crippen molar-refractivity contribution in [1.29, 1.82) is 0 Å². The topological polar surface area (TPSA) is 96.8 Å². The largest absolute Gasteiger partial charge is 0.339 e. The van der Waals surface area contributed by atoms with Crippen LogP contribution in [0.3, 0.4) is 0 Å². The van der Waals surface area contributed by atoms with Crippen molar-refractivity contribution in [2.75, 3.05) is 16.0 Å². The quantitative estimate of drug-likeness (QED) is 0.191. The van der Waals surface area contributed by atoms with E-state index in [4.69, 9.17) is 0 Å². The lowest BCUT2D eigenvalue weighted by Crippen LogP contribution is -2.08. The van der Waals surface area contributed by atoms with Crippen LogP contribution in [0, 0.1) is 5.82 Å². The fourth-order valence-electron chi connectivity index (χ4n) is 3.42. The standard InChI is InChI=1S/C25H21F4N7O/c1-3-21(37)32-17-8-16(26)9-18(10-17)33-24-20(14-4-6-15(7-5-14)22(27)23(28)29)12-30-25(35-24)34-19-11-31-36(2)13-19/h3-13,22-23H,1H2,2H3,(H,32,37)(H2,30,33,34,35). The van der Waals surface area contributed by atoms with Crippen molar-refractivity contribution in [1.82, 2.24) is 19.7 Å². The molecule has 0 aliphatic carbocycles. The third-order valence-electron chi connectivity index (χ3n) is 5.12. The number of nitrogens with one attached hydrogen (secondary N) is 3. The van der Waals surface area contributed by atoms with Gasteiger partial charge in [0.25, 0.3) is 6.43 Å². The maximum Gasteiger partial charge on any atom is 0.273 e. The molecule has 0 bridgehead atoms. The van der Waals surface area contributed by atoms with Crippen molar-refractivity contribution in [2.45, 2.75) is 12.6 Å². The van der Waals surface area contributed by atoms with Crippen LogP contribution >= 0.6 is 0 Å². The third-order valence-corrected chi connectivity index (χ3v) is 5.12. The molecule has 2 aromatic heterocycles. The number of anilines is 5. The molecule has 37 heavy (non-hydrogen) atoms. The Morgan fingerprint density at radius 1 is 1.03 bits per heavy atom. The maximum absolute atomic E-state index is 14.3. The normalized spacial score (nSPS) is 11.7. The average molecular weight is 511 g/mol. The lowest BCUT2D eigenvalue weighted by atomic mass is 10.0. The first-order chi connectivity index (χ1) is 17.7. The average Bonchev–Trinajstić information content (AvgIpc) is 3.27. The minimum absolute atomic E-state index is 0.170. The molecule has 2 heterocycles. The SMILES string of the molecule is C=CC(=O)Nc1cc(F)cc(Nc2nc(Nc3cnn(C)c3)ncc2-c2ccc(C(F)C(F)F)cc2)c1. The van der Waals surface area contributed by atoms with Crippen LogP contribution in [0.2, 0.25) is 0 Å². The number of aryl methyl sites for hydroxylation is 1. The van der Waals surface area contributed by atoms with E-state index < -0.39 is 24.3 Å². The molecule has 0 saturated heterocycles. The van der Waals surface area contributed by atoms with E-state index in [2.05, 4.69) is 37.6 Å². The van der Waals surface area contributed by atoms with Crippen LogP contribution in [0.25, 0.3) is 11.1 Å². The summed E-state index contributed by atoms with van der Waals surface area (Å²) in [6.07, 6.45) is 0.249. The van der Waals surface area contributed by atoms with Crippen molar-refractivity contribution in [2.24, 2.45) is 7.05 Å². The number of carbonyl (C=O) groups excluding carboxylic acids is 1. The highest BCUT2D eigenvalue weighted by atomic mass is 19.3. The summed E-state index contributed by atoms with van der Waals surface area (Å²) in [4.78, 5) is 20.4. The molecule has 1 unspecified atom stereocenters. The predicted molar refractivity (Wildman–Crippen MR) is 132 cm³/mol. The summed E-state index contributed by atoms with van der Waals surface area (Å²) in [5.74, 6) is -0.725. The molecule has 1 atom stereocenters. The van der Waals surface area contributed by atoms with Gasteiger partial charge in [0.1, 0.15) is 11.6 Å². The highest BCUT2D eigenvalue weighted by Crippen LogP contribution is 2.33. The number of rotatable bonds is 9. The fourth-order valence-corrected chi connectivity index (χ4v) is 3.42. The Bertz CT molecular complexity index is 1420. The van der Waals surface area contributed by atoms with Crippen LogP contribution < -0.4 is 16.0 Å². The molecule has 0 fully saturated rings. The Balaban J connectivity index is 1.71. The van der Waals surface area contributed by atoms with Crippen LogP contribution in [0.4, 0.5) is 46.4 Å². The van der Waals surface area contributed by atoms with E-state index in [1.807, 2.05) is 0 Å². The number of aromatic nitrogens is 4. The lowest BCUT2D eigenvalue weighted by molar-refractivity contribution is -0.111. The number of carbonyl (C=O) groups is 1. The molecule has 2 aromatic carbocycles. The molecule has 8 nitrogen and oxygen atoms in total. The second kappa shape index (κ2) is 10.9. The van der Waals surface area contributed by atoms with Crippen LogP contribution in [0.5, 0.6) is 0 Å². The number of nitrogens with zero attached hydrogens (tertiary/aromatic N) is 4. The minimum Gasteiger partial charge on any atom is -0.339 e. The second-order valence-electron chi connectivity index (χ2n) is 7.89. The maximum atomic E-state index is 14.3. The van der Waals surface area contributed by atoms with Crippen molar-refractivity contribution in [3.05, 3.63) is 85.1 Å². The molecule has 0 aliphatic heterocycles. The third kappa shape index (κ3) is 6.28. The van der Waals surface area contributed by atoms with Gasteiger partial charge in [-0.1, -0.05) is 30.8 Å². The van der Waals surface area contributed by atoms with Gasteiger partial charge in [-0.05, 0) is 35.4 Å². The summed E-state index contributed by atoms with van der Waals surface area (Å²) in [5, 5.41) is 12.6. The van der Waals surface area contributed by atoms with Crippen molar-refractivity contribution < 1.29 is 22.4 Å². The summed E-state index contributed by atoms with van der Waals surface area (Å²) >= 11 is 0. The number of hydrogen-bond acceptors (Lipinski definition) is 6. The smallest absolute Gasteiger partial charge is 0.273 e. The molecule has 190 valence electrons. The number of benzene rings is 2. The van der Waals surface area contributed by atoms with Gasteiger partial charge >= 0.3 is 0 Å². The van der Waals surface area contributed by atoms with Gasteiger partial charge in [0.05, 0.1) is 11.9 Å². The molecule has 4 rings (SSSR count). The van der Waals surface area contributed by atoms with Crippen LogP contribution in [-0.2, 0) is 11.8 Å². The molecule has 12 heteroatoms. The zero-order valence-electron chi connectivity index (χ0n) is 19.4. The first-order valence-corrected chi connectivity index (χ1v) is 10.9. The molecule has 3 N–H and O–H groups in total. The van der Waals surface area contributed by atoms with Crippen LogP contribution in [0.1, 0.15) is 11.7 Å². The van der Waals surface area contributed by atoms with Crippen molar-refractivity contribution >= 4 is 34.7 Å². The summed E-state index contributed by atoms with van der Waals surface area (Å²) < 4.78 is 55.1. The van der Waals surface area contributed by atoms with E-state index in [1.54, 1.807) is 24.1 Å². The van der Waals surface area contributed by atoms with Crippen molar-refractivity contribution in [3.63, 3.8) is 0 Å². The molecule has 0 aliphatic rings. The summed E-state index contributed by atoms with van der Waals surface area (Å²) in [6, 6.07) is 9.25. The lowest BCUT2D eigenvalue weighted by Gasteiger charge is -2.15. The highest BCUT2D eigenvalue weighted by molar-refractivity contribution is 5.99. The fraction of sp³-hybridized carbons (Fsp3) is 0.120. The van der Waals surface area contributed by atoms with Gasteiger partial charge in [-0.2, -0.15) is 10.1 Å². The molecule has 0 spiro atoms. The van der Waals surface area contributed by atoms with Crippen molar-refractivity contribution in [3.8, 4) is 11.1 Å². The Labute approximate surface area is 209 Å². The first-order valence-electron chi connectivity index (χ1n) is 10.9. The first kappa shape index (κ1) is 25.4. The Morgan fingerprint density at radius 2 is 1.76 bits per heavy atom. The zero-order chi connectivity index (χ0) is 26.5. The Kier molecular flexibility index (Phi) is 7.47. The van der Waals surface area contributed by atoms with Crippen LogP contribution in [0.15, 0.2) is 73.7 Å². The number of amides is 1. The van der Waals surface area contributed by atoms with Gasteiger partial charge in [-0.25, -0.2) is 22.5 Å². The second-order valence-corrected chi connectivity index (χ2v) is 7.89. The summed E-state index contributed by atoms with van der Waals surface area (Å²) in [7, 11) is 1.74. The van der Waals surface area contributed by atoms with Gasteiger partial charge in [-0.3, -0.25) is 9.48 Å². The van der Waals surface area contributed by atoms with Gasteiger partial charge in [-0.15, -0.1) is 0 Å². The summed E-state index contributed by atoms with van der Waals surface area (Å²) in [5.41, 5.74) is 1.81. The molecule has 0 saturated carbocycles. The molecular formula is C25H21F4N7O. The predicted octanol–water partition coefficient (Wildman–Crippen LogP) is 5.90. The highest BCUT2D eigenvalue weighted by Gasteiger charge is 2.21. The van der Waals surface area contributed by atoms with Gasteiger partial charge < -0.3 is 16.0 Å². The van der Waals surface area contributed by atoms with Gasteiger partial charge in [0.2, 0.25) is 11.9 Å². The van der Waals surface area contributed by atoms with E-state index in [-0.39, 0.29) is 28.7 Å². The number of hydrogen-bond donors (Lipinski definition) is 3. The van der Waals surface area contributed by atoms with E-state index in [9.17, 15) is 22.4 Å². The number of alkyl halides is 3. The molecule has 0 radical (unpaired) electrons. The molecular weight excluding hydrogens is 490 g/mol. The molecule has 4 aromatic rings. The minimum atomic E-state index is -3.15. The van der Waals surface area contributed by atoms with E-state index >= 15 is 0 Å². The molecule has 1 amide bonds. The summed E-state index contributed by atoms with van der Waals surface area (Å²) in [6.45, 7) is 3.37. The Morgan fingerprint density at radius 3 is 2.41 bits per heavy atom. The van der Waals surface area contributed by atoms with Crippen LogP contribution in [-0.4, -0.2) is 32.1 Å². The van der Waals surface area contributed by atoms with E-state index in [0.29, 0.717) is 16.8 Å². The zero-order valence-corrected chi connectivity index (χ0v) is 19.4. The Hall–Kier alpha value is -4.74. The van der Waals surface area contributed by atoms with E-state index in [0.717, 1.165) is 12.1 Å². The van der Waals surface area contributed by atoms with E-state index in [1.165, 1.54) is 42.6 Å². The monoisotopic (exact) mass is 511 g/mol. The van der Waals surface area contributed by atoms with Gasteiger partial charge in [0, 0.05) is 36.4 Å².